The molecule has 2 amide bonds. The van der Waals surface area contributed by atoms with Crippen molar-refractivity contribution in [2.75, 3.05) is 45.7 Å². The highest BCUT2D eigenvalue weighted by Gasteiger charge is 2.37. The zero-order valence-corrected chi connectivity index (χ0v) is 25.0. The molecule has 0 spiro atoms. The van der Waals surface area contributed by atoms with Gasteiger partial charge in [-0.1, -0.05) is 42.5 Å². The van der Waals surface area contributed by atoms with Crippen LogP contribution in [0.4, 0.5) is 20.7 Å². The lowest BCUT2D eigenvalue weighted by Gasteiger charge is -2.24. The van der Waals surface area contributed by atoms with Crippen LogP contribution in [-0.2, 0) is 9.57 Å². The van der Waals surface area contributed by atoms with Crippen LogP contribution < -0.4 is 16.0 Å². The Kier molecular flexibility index (Phi) is 10.1. The van der Waals surface area contributed by atoms with Crippen molar-refractivity contribution in [1.29, 1.82) is 5.53 Å². The molecule has 4 N–H and O–H groups in total. The number of aromatic nitrogens is 1. The third-order valence-electron chi connectivity index (χ3n) is 7.81. The number of nitrogens with one attached hydrogen (secondary N) is 4. The number of carbonyl (C=O) groups is 1. The van der Waals surface area contributed by atoms with E-state index in [-0.39, 0.29) is 11.7 Å². The minimum absolute atomic E-state index is 0.134. The van der Waals surface area contributed by atoms with Crippen LogP contribution in [-0.4, -0.2) is 68.2 Å². The molecular formula is C32H37FN8O3. The van der Waals surface area contributed by atoms with Crippen molar-refractivity contribution >= 4 is 23.2 Å². The van der Waals surface area contributed by atoms with E-state index in [2.05, 4.69) is 26.0 Å². The summed E-state index contributed by atoms with van der Waals surface area (Å²) in [5, 5.41) is 14.5. The molecule has 3 atom stereocenters. The van der Waals surface area contributed by atoms with E-state index >= 15 is 0 Å². The Morgan fingerprint density at radius 1 is 1.18 bits per heavy atom. The largest absolute Gasteiger partial charge is 0.383 e. The van der Waals surface area contributed by atoms with E-state index in [4.69, 9.17) is 20.1 Å². The number of rotatable bonds is 10. The number of allylic oxidation sites excluding steroid dienone is 2. The smallest absolute Gasteiger partial charge is 0.319 e. The van der Waals surface area contributed by atoms with Gasteiger partial charge in [-0.25, -0.2) is 19.7 Å². The predicted molar refractivity (Wildman–Crippen MR) is 166 cm³/mol. The van der Waals surface area contributed by atoms with Crippen LogP contribution in [0.1, 0.15) is 42.1 Å². The average Bonchev–Trinajstić information content (AvgIpc) is 3.37. The van der Waals surface area contributed by atoms with Crippen molar-refractivity contribution in [3.05, 3.63) is 101 Å². The molecule has 1 aromatic heterocycles. The summed E-state index contributed by atoms with van der Waals surface area (Å²) in [5.41, 5.74) is 12.5. The highest BCUT2D eigenvalue weighted by Crippen LogP contribution is 2.34. The second-order valence-electron chi connectivity index (χ2n) is 10.6. The van der Waals surface area contributed by atoms with Crippen molar-refractivity contribution in [2.45, 2.75) is 31.4 Å². The first-order chi connectivity index (χ1) is 21.4. The van der Waals surface area contributed by atoms with Crippen molar-refractivity contribution < 1.29 is 18.8 Å². The van der Waals surface area contributed by atoms with Crippen LogP contribution in [0, 0.1) is 11.3 Å². The first kappa shape index (κ1) is 30.9. The van der Waals surface area contributed by atoms with Crippen LogP contribution in [0.3, 0.4) is 0 Å². The van der Waals surface area contributed by atoms with Crippen LogP contribution >= 0.6 is 0 Å². The Morgan fingerprint density at radius 2 is 1.98 bits per heavy atom. The van der Waals surface area contributed by atoms with Gasteiger partial charge in [-0.3, -0.25) is 9.83 Å². The lowest BCUT2D eigenvalue weighted by molar-refractivity contribution is -0.154. The SMILES string of the molecule is CNc1ncc(C2=NCCC(c3ccccc3)C(NC(=O)N[C@@H]3CN(CCOC)O[C@H]3c3cccc(F)c3)=C2C)cc1N=N. The standard InChI is InChI=1S/C32H37FN8O3/c1-20-28(23-17-26(40-34)31(35-2)37-18-23)36-13-12-25(21-8-5-4-6-9-21)29(20)39-32(42)38-27-19-41(14-15-43-3)44-30(27)22-10-7-11-24(33)16-22/h4-11,16-18,25,27,30,34H,12-15,19H2,1-3H3,(H,35,37)(H2,38,39,42)/t25?,27-,30+/m1/s1. The molecule has 2 aliphatic heterocycles. The molecule has 3 aromatic rings. The van der Waals surface area contributed by atoms with Crippen molar-refractivity contribution in [1.82, 2.24) is 20.7 Å². The summed E-state index contributed by atoms with van der Waals surface area (Å²) < 4.78 is 19.4. The first-order valence-electron chi connectivity index (χ1n) is 14.5. The summed E-state index contributed by atoms with van der Waals surface area (Å²) in [6.45, 7) is 3.79. The molecule has 12 heteroatoms. The van der Waals surface area contributed by atoms with E-state index in [9.17, 15) is 9.18 Å². The molecule has 2 aliphatic rings. The van der Waals surface area contributed by atoms with Gasteiger partial charge >= 0.3 is 6.03 Å². The van der Waals surface area contributed by atoms with Crippen molar-refractivity contribution in [3.8, 4) is 0 Å². The number of methoxy groups -OCH3 is 1. The van der Waals surface area contributed by atoms with Gasteiger partial charge in [0.2, 0.25) is 0 Å². The Balaban J connectivity index is 1.46. The maximum atomic E-state index is 14.1. The van der Waals surface area contributed by atoms with Gasteiger partial charge in [0.25, 0.3) is 0 Å². The number of urea groups is 1. The first-order valence-corrected chi connectivity index (χ1v) is 14.5. The predicted octanol–water partition coefficient (Wildman–Crippen LogP) is 5.48. The molecule has 5 rings (SSSR count). The third kappa shape index (κ3) is 6.99. The zero-order valence-electron chi connectivity index (χ0n) is 25.0. The van der Waals surface area contributed by atoms with E-state index in [1.165, 1.54) is 12.1 Å². The fourth-order valence-electron chi connectivity index (χ4n) is 5.68. The number of anilines is 1. The highest BCUT2D eigenvalue weighted by molar-refractivity contribution is 6.13. The molecule has 1 saturated heterocycles. The Hall–Kier alpha value is -4.52. The van der Waals surface area contributed by atoms with Gasteiger partial charge in [0.1, 0.15) is 17.6 Å². The van der Waals surface area contributed by atoms with Gasteiger partial charge in [0.15, 0.2) is 5.82 Å². The number of ether oxygens (including phenoxy) is 1. The lowest BCUT2D eigenvalue weighted by Crippen LogP contribution is -2.46. The molecule has 0 aliphatic carbocycles. The van der Waals surface area contributed by atoms with Gasteiger partial charge in [0, 0.05) is 57.2 Å². The van der Waals surface area contributed by atoms with E-state index < -0.39 is 18.2 Å². The van der Waals surface area contributed by atoms with Crippen LogP contribution in [0.5, 0.6) is 0 Å². The average molecular weight is 601 g/mol. The Labute approximate surface area is 256 Å². The molecule has 230 valence electrons. The van der Waals surface area contributed by atoms with Gasteiger partial charge in [-0.15, -0.1) is 0 Å². The summed E-state index contributed by atoms with van der Waals surface area (Å²) in [6, 6.07) is 17.1. The summed E-state index contributed by atoms with van der Waals surface area (Å²) >= 11 is 0. The number of aliphatic imine (C=N–C) groups is 1. The molecule has 1 fully saturated rings. The topological polar surface area (TPSA) is 136 Å². The van der Waals surface area contributed by atoms with Crippen LogP contribution in [0.2, 0.25) is 0 Å². The maximum absolute atomic E-state index is 14.1. The molecule has 11 nitrogen and oxygen atoms in total. The maximum Gasteiger partial charge on any atom is 0.319 e. The quantitative estimate of drug-likeness (QED) is 0.228. The number of amides is 2. The van der Waals surface area contributed by atoms with Gasteiger partial charge in [-0.2, -0.15) is 10.2 Å². The number of carbonyl (C=O) groups excluding carboxylic acids is 1. The summed E-state index contributed by atoms with van der Waals surface area (Å²) in [4.78, 5) is 29.2. The minimum atomic E-state index is -0.580. The summed E-state index contributed by atoms with van der Waals surface area (Å²) in [6.07, 6.45) is 1.78. The van der Waals surface area contributed by atoms with Gasteiger partial charge in [-0.05, 0) is 48.2 Å². The van der Waals surface area contributed by atoms with Crippen LogP contribution in [0.25, 0.3) is 0 Å². The number of hydroxylamine groups is 2. The number of hydrogen-bond donors (Lipinski definition) is 4. The minimum Gasteiger partial charge on any atom is -0.383 e. The zero-order chi connectivity index (χ0) is 31.1. The number of benzene rings is 2. The number of halogens is 1. The van der Waals surface area contributed by atoms with E-state index in [0.717, 1.165) is 11.1 Å². The number of pyridine rings is 1. The lowest BCUT2D eigenvalue weighted by atomic mass is 9.89. The van der Waals surface area contributed by atoms with Crippen LogP contribution in [0.15, 0.2) is 88.2 Å². The highest BCUT2D eigenvalue weighted by atomic mass is 19.1. The number of nitrogens with zero attached hydrogens (tertiary/aromatic N) is 4. The normalized spacial score (nSPS) is 20.5. The van der Waals surface area contributed by atoms with E-state index in [0.29, 0.717) is 66.7 Å². The molecule has 44 heavy (non-hydrogen) atoms. The summed E-state index contributed by atoms with van der Waals surface area (Å²) in [7, 11) is 3.33. The third-order valence-corrected chi connectivity index (χ3v) is 7.81. The molecule has 3 heterocycles. The molecule has 0 saturated carbocycles. The van der Waals surface area contributed by atoms with Crippen molar-refractivity contribution in [2.24, 2.45) is 10.1 Å². The Bertz CT molecular complexity index is 1550. The molecule has 2 aromatic carbocycles. The summed E-state index contributed by atoms with van der Waals surface area (Å²) in [5.74, 6) is -0.0178. The second kappa shape index (κ2) is 14.3. The van der Waals surface area contributed by atoms with E-state index in [1.807, 2.05) is 37.3 Å². The van der Waals surface area contributed by atoms with E-state index in [1.54, 1.807) is 43.6 Å². The molecule has 0 radical (unpaired) electrons. The molecule has 0 bridgehead atoms. The number of hydrogen-bond acceptors (Lipinski definition) is 9. The van der Waals surface area contributed by atoms with Crippen molar-refractivity contribution in [3.63, 3.8) is 0 Å². The molecular weight excluding hydrogens is 563 g/mol. The Morgan fingerprint density at radius 3 is 2.70 bits per heavy atom. The van der Waals surface area contributed by atoms with Gasteiger partial charge < -0.3 is 20.7 Å². The fraction of sp³-hybridized carbons (Fsp3) is 0.344. The molecule has 1 unspecified atom stereocenters. The fourth-order valence-corrected chi connectivity index (χ4v) is 5.68. The monoisotopic (exact) mass is 600 g/mol. The van der Waals surface area contributed by atoms with Gasteiger partial charge in [0.05, 0.1) is 18.4 Å². The second-order valence-corrected chi connectivity index (χ2v) is 10.6.